The second-order valence-electron chi connectivity index (χ2n) is 7.05. The molecule has 0 N–H and O–H groups in total. The Bertz CT molecular complexity index is 893. The summed E-state index contributed by atoms with van der Waals surface area (Å²) in [5.74, 6) is -0.816. The van der Waals surface area contributed by atoms with Crippen LogP contribution in [0.2, 0.25) is 0 Å². The van der Waals surface area contributed by atoms with Gasteiger partial charge in [0.05, 0.1) is 5.56 Å². The van der Waals surface area contributed by atoms with Gasteiger partial charge in [0.1, 0.15) is 5.75 Å². The lowest BCUT2D eigenvalue weighted by Gasteiger charge is -2.34. The van der Waals surface area contributed by atoms with Crippen LogP contribution in [-0.2, 0) is 6.54 Å². The highest BCUT2D eigenvalue weighted by Crippen LogP contribution is 2.23. The van der Waals surface area contributed by atoms with Crippen molar-refractivity contribution >= 4 is 5.91 Å². The summed E-state index contributed by atoms with van der Waals surface area (Å²) in [7, 11) is 0. The number of halogens is 6. The molecule has 1 aromatic heterocycles. The van der Waals surface area contributed by atoms with Crippen molar-refractivity contribution in [2.45, 2.75) is 19.1 Å². The molecule has 1 amide bonds. The first kappa shape index (κ1) is 23.6. The molecule has 2 aromatic rings. The molecule has 3 rings (SSSR count). The molecule has 32 heavy (non-hydrogen) atoms. The smallest absolute Gasteiger partial charge is 0.468 e. The summed E-state index contributed by atoms with van der Waals surface area (Å²) in [6.45, 7) is 0.967. The second-order valence-corrected chi connectivity index (χ2v) is 7.05. The Morgan fingerprint density at radius 1 is 0.938 bits per heavy atom. The number of hydrogen-bond acceptors (Lipinski definition) is 5. The van der Waals surface area contributed by atoms with E-state index in [-0.39, 0.29) is 23.1 Å². The van der Waals surface area contributed by atoms with Crippen molar-refractivity contribution < 1.29 is 40.6 Å². The fourth-order valence-corrected chi connectivity index (χ4v) is 3.09. The quantitative estimate of drug-likeness (QED) is 0.609. The molecule has 1 aliphatic rings. The van der Waals surface area contributed by atoms with Crippen LogP contribution in [0.4, 0.5) is 26.3 Å². The largest absolute Gasteiger partial charge is 0.573 e. The topological polar surface area (TPSA) is 54.9 Å². The number of ether oxygens (including phenoxy) is 2. The Balaban J connectivity index is 1.47. The van der Waals surface area contributed by atoms with Gasteiger partial charge in [0, 0.05) is 45.0 Å². The van der Waals surface area contributed by atoms with Gasteiger partial charge in [0.2, 0.25) is 5.88 Å². The van der Waals surface area contributed by atoms with E-state index in [1.54, 1.807) is 17.0 Å². The lowest BCUT2D eigenvalue weighted by atomic mass is 10.1. The number of alkyl halides is 6. The molecule has 0 aliphatic carbocycles. The van der Waals surface area contributed by atoms with Crippen LogP contribution < -0.4 is 9.47 Å². The first-order chi connectivity index (χ1) is 15.0. The summed E-state index contributed by atoms with van der Waals surface area (Å²) in [5.41, 5.74) is 1.04. The summed E-state index contributed by atoms with van der Waals surface area (Å²) >= 11 is 0. The summed E-state index contributed by atoms with van der Waals surface area (Å²) < 4.78 is 81.6. The number of pyridine rings is 1. The van der Waals surface area contributed by atoms with Crippen LogP contribution in [0.5, 0.6) is 11.6 Å². The fourth-order valence-electron chi connectivity index (χ4n) is 3.09. The number of carbonyl (C=O) groups is 1. The molecule has 0 atom stereocenters. The zero-order valence-corrected chi connectivity index (χ0v) is 16.6. The van der Waals surface area contributed by atoms with E-state index >= 15 is 0 Å². The minimum absolute atomic E-state index is 0.227. The molecule has 1 aliphatic heterocycles. The lowest BCUT2D eigenvalue weighted by Crippen LogP contribution is -2.48. The van der Waals surface area contributed by atoms with Crippen LogP contribution >= 0.6 is 0 Å². The maximum Gasteiger partial charge on any atom is 0.573 e. The van der Waals surface area contributed by atoms with E-state index in [2.05, 4.69) is 19.4 Å². The van der Waals surface area contributed by atoms with Gasteiger partial charge in [-0.1, -0.05) is 12.1 Å². The number of piperazine rings is 1. The minimum Gasteiger partial charge on any atom is -0.468 e. The molecule has 0 unspecified atom stereocenters. The van der Waals surface area contributed by atoms with E-state index in [1.165, 1.54) is 30.5 Å². The molecular weight excluding hydrogens is 444 g/mol. The van der Waals surface area contributed by atoms with Crippen LogP contribution in [0.25, 0.3) is 0 Å². The van der Waals surface area contributed by atoms with E-state index in [9.17, 15) is 31.1 Å². The van der Waals surface area contributed by atoms with Gasteiger partial charge in [0.25, 0.3) is 5.91 Å². The predicted octanol–water partition coefficient (Wildman–Crippen LogP) is 3.88. The Morgan fingerprint density at radius 3 is 2.12 bits per heavy atom. The van der Waals surface area contributed by atoms with Gasteiger partial charge in [0.15, 0.2) is 6.61 Å². The molecular formula is C20H19F6N3O3. The fraction of sp³-hybridized carbons (Fsp3) is 0.400. The Hall–Kier alpha value is -3.02. The van der Waals surface area contributed by atoms with Gasteiger partial charge >= 0.3 is 12.5 Å². The van der Waals surface area contributed by atoms with Crippen molar-refractivity contribution in [2.75, 3.05) is 32.8 Å². The number of benzene rings is 1. The molecule has 0 spiro atoms. The Labute approximate surface area is 179 Å². The molecule has 174 valence electrons. The molecule has 1 aromatic carbocycles. The number of nitrogens with zero attached hydrogens (tertiary/aromatic N) is 3. The molecule has 0 bridgehead atoms. The SMILES string of the molecule is O=C(c1ccc(OCC(F)(F)F)nc1)N1CCN(Cc2ccc(OC(F)(F)F)cc2)CC1. The average Bonchev–Trinajstić information content (AvgIpc) is 2.73. The van der Waals surface area contributed by atoms with Crippen LogP contribution in [0.3, 0.4) is 0 Å². The Morgan fingerprint density at radius 2 is 1.59 bits per heavy atom. The van der Waals surface area contributed by atoms with Crippen molar-refractivity contribution in [2.24, 2.45) is 0 Å². The molecule has 2 heterocycles. The number of aromatic nitrogens is 1. The molecule has 1 saturated heterocycles. The standard InChI is InChI=1S/C20H19F6N3O3/c21-19(22,23)13-31-17-6-3-15(11-27-17)18(30)29-9-7-28(8-10-29)12-14-1-4-16(5-2-14)32-20(24,25)26/h1-6,11H,7-10,12-13H2. The number of hydrogen-bond donors (Lipinski definition) is 0. The van der Waals surface area contributed by atoms with Gasteiger partial charge < -0.3 is 14.4 Å². The first-order valence-corrected chi connectivity index (χ1v) is 9.50. The maximum atomic E-state index is 12.6. The van der Waals surface area contributed by atoms with Crippen molar-refractivity contribution in [3.63, 3.8) is 0 Å². The highest BCUT2D eigenvalue weighted by molar-refractivity contribution is 5.94. The number of amides is 1. The van der Waals surface area contributed by atoms with E-state index in [0.717, 1.165) is 5.56 Å². The van der Waals surface area contributed by atoms with Crippen molar-refractivity contribution in [1.29, 1.82) is 0 Å². The predicted molar refractivity (Wildman–Crippen MR) is 100 cm³/mol. The van der Waals surface area contributed by atoms with E-state index in [1.807, 2.05) is 0 Å². The first-order valence-electron chi connectivity index (χ1n) is 9.50. The molecule has 0 saturated carbocycles. The molecule has 1 fully saturated rings. The third kappa shape index (κ3) is 7.29. The van der Waals surface area contributed by atoms with Crippen molar-refractivity contribution in [3.8, 4) is 11.6 Å². The molecule has 0 radical (unpaired) electrons. The van der Waals surface area contributed by atoms with Gasteiger partial charge in [-0.05, 0) is 23.8 Å². The lowest BCUT2D eigenvalue weighted by molar-refractivity contribution is -0.274. The monoisotopic (exact) mass is 463 g/mol. The average molecular weight is 463 g/mol. The van der Waals surface area contributed by atoms with Gasteiger partial charge in [-0.25, -0.2) is 4.98 Å². The highest BCUT2D eigenvalue weighted by atomic mass is 19.4. The normalized spacial score (nSPS) is 15.5. The van der Waals surface area contributed by atoms with E-state index in [4.69, 9.17) is 0 Å². The number of rotatable bonds is 6. The molecule has 12 heteroatoms. The highest BCUT2D eigenvalue weighted by Gasteiger charge is 2.31. The summed E-state index contributed by atoms with van der Waals surface area (Å²) in [5, 5.41) is 0. The van der Waals surface area contributed by atoms with E-state index in [0.29, 0.717) is 32.7 Å². The summed E-state index contributed by atoms with van der Waals surface area (Å²) in [6.07, 6.45) is -8.05. The third-order valence-electron chi connectivity index (χ3n) is 4.59. The maximum absolute atomic E-state index is 12.6. The van der Waals surface area contributed by atoms with Crippen molar-refractivity contribution in [3.05, 3.63) is 53.7 Å². The van der Waals surface area contributed by atoms with Crippen LogP contribution in [-0.4, -0.2) is 66.0 Å². The van der Waals surface area contributed by atoms with Gasteiger partial charge in [-0.2, -0.15) is 13.2 Å². The van der Waals surface area contributed by atoms with Crippen LogP contribution in [0.15, 0.2) is 42.6 Å². The summed E-state index contributed by atoms with van der Waals surface area (Å²) in [6, 6.07) is 8.16. The Kier molecular flexibility index (Phi) is 7.12. The zero-order chi connectivity index (χ0) is 23.4. The van der Waals surface area contributed by atoms with Gasteiger partial charge in [-0.3, -0.25) is 9.69 Å². The number of carbonyl (C=O) groups excluding carboxylic acids is 1. The van der Waals surface area contributed by atoms with Gasteiger partial charge in [-0.15, -0.1) is 13.2 Å². The molecule has 6 nitrogen and oxygen atoms in total. The summed E-state index contributed by atoms with van der Waals surface area (Å²) in [4.78, 5) is 20.0. The second kappa shape index (κ2) is 9.63. The van der Waals surface area contributed by atoms with Crippen LogP contribution in [0, 0.1) is 0 Å². The van der Waals surface area contributed by atoms with E-state index < -0.39 is 19.1 Å². The van der Waals surface area contributed by atoms with Crippen molar-refractivity contribution in [1.82, 2.24) is 14.8 Å². The zero-order valence-electron chi connectivity index (χ0n) is 16.6. The minimum atomic E-state index is -4.74. The third-order valence-corrected chi connectivity index (χ3v) is 4.59. The van der Waals surface area contributed by atoms with Crippen LogP contribution in [0.1, 0.15) is 15.9 Å².